The summed E-state index contributed by atoms with van der Waals surface area (Å²) in [6.07, 6.45) is 5.35. The van der Waals surface area contributed by atoms with Crippen molar-refractivity contribution in [3.63, 3.8) is 0 Å². The number of benzene rings is 2. The molecule has 0 bridgehead atoms. The highest BCUT2D eigenvalue weighted by atomic mass is 16.2. The molecule has 1 aliphatic heterocycles. The number of hydrogen-bond acceptors (Lipinski definition) is 3. The van der Waals surface area contributed by atoms with Crippen molar-refractivity contribution < 1.29 is 4.79 Å². The number of aliphatic imine (C=N–C) groups is 1. The van der Waals surface area contributed by atoms with Gasteiger partial charge in [0.1, 0.15) is 0 Å². The number of aromatic nitrogens is 2. The summed E-state index contributed by atoms with van der Waals surface area (Å²) in [6.45, 7) is 5.68. The minimum Gasteiger partial charge on any atom is -0.357 e. The molecule has 0 atom stereocenters. The summed E-state index contributed by atoms with van der Waals surface area (Å²) in [5.41, 5.74) is 4.49. The predicted octanol–water partition coefficient (Wildman–Crippen LogP) is 3.31. The van der Waals surface area contributed by atoms with Gasteiger partial charge in [-0.2, -0.15) is 5.10 Å². The largest absolute Gasteiger partial charge is 0.357 e. The van der Waals surface area contributed by atoms with Crippen molar-refractivity contribution in [2.24, 2.45) is 4.99 Å². The molecule has 1 saturated heterocycles. The standard InChI is InChI=1S/C25H30N6O/c1-2-26-25(27-17-20-9-11-23(12-10-20)31-15-4-8-24(31)32)28-18-21-6-3-7-22(16-21)19-30-14-5-13-29-30/h3,5-7,9-14,16H,2,4,8,15,17-19H2,1H3,(H2,26,27,28). The van der Waals surface area contributed by atoms with Crippen LogP contribution in [0.25, 0.3) is 0 Å². The molecule has 0 aliphatic carbocycles. The summed E-state index contributed by atoms with van der Waals surface area (Å²) in [5.74, 6) is 0.995. The lowest BCUT2D eigenvalue weighted by molar-refractivity contribution is -0.117. The fraction of sp³-hybridized carbons (Fsp3) is 0.320. The maximum atomic E-state index is 11.9. The molecule has 1 fully saturated rings. The highest BCUT2D eigenvalue weighted by molar-refractivity contribution is 5.95. The Hall–Kier alpha value is -3.61. The van der Waals surface area contributed by atoms with Gasteiger partial charge in [0.15, 0.2) is 5.96 Å². The first kappa shape index (κ1) is 21.6. The number of nitrogens with one attached hydrogen (secondary N) is 2. The van der Waals surface area contributed by atoms with Crippen LogP contribution in [0.3, 0.4) is 0 Å². The molecule has 166 valence electrons. The van der Waals surface area contributed by atoms with Crippen molar-refractivity contribution in [3.8, 4) is 0 Å². The van der Waals surface area contributed by atoms with Crippen LogP contribution in [-0.4, -0.2) is 34.7 Å². The minimum absolute atomic E-state index is 0.214. The van der Waals surface area contributed by atoms with E-state index in [1.807, 2.05) is 34.0 Å². The summed E-state index contributed by atoms with van der Waals surface area (Å²) in [4.78, 5) is 18.5. The zero-order valence-corrected chi connectivity index (χ0v) is 18.5. The monoisotopic (exact) mass is 430 g/mol. The van der Waals surface area contributed by atoms with Gasteiger partial charge in [-0.1, -0.05) is 36.4 Å². The van der Waals surface area contributed by atoms with Gasteiger partial charge in [-0.15, -0.1) is 0 Å². The number of nitrogens with zero attached hydrogens (tertiary/aromatic N) is 4. The molecule has 7 nitrogen and oxygen atoms in total. The van der Waals surface area contributed by atoms with E-state index in [9.17, 15) is 4.79 Å². The molecule has 7 heteroatoms. The highest BCUT2D eigenvalue weighted by Gasteiger charge is 2.21. The second-order valence-corrected chi connectivity index (χ2v) is 7.89. The van der Waals surface area contributed by atoms with Gasteiger partial charge < -0.3 is 15.5 Å². The number of carbonyl (C=O) groups excluding carboxylic acids is 1. The number of anilines is 1. The van der Waals surface area contributed by atoms with Crippen LogP contribution in [0.1, 0.15) is 36.5 Å². The van der Waals surface area contributed by atoms with Crippen LogP contribution in [0.2, 0.25) is 0 Å². The molecule has 1 amide bonds. The van der Waals surface area contributed by atoms with Gasteiger partial charge in [-0.05, 0) is 48.2 Å². The Bertz CT molecular complexity index is 1040. The lowest BCUT2D eigenvalue weighted by atomic mass is 10.1. The molecule has 2 heterocycles. The van der Waals surface area contributed by atoms with Crippen LogP contribution in [0.4, 0.5) is 5.69 Å². The zero-order valence-electron chi connectivity index (χ0n) is 18.5. The van der Waals surface area contributed by atoms with E-state index in [0.717, 1.165) is 48.8 Å². The van der Waals surface area contributed by atoms with Gasteiger partial charge in [0.2, 0.25) is 5.91 Å². The number of hydrogen-bond donors (Lipinski definition) is 2. The minimum atomic E-state index is 0.214. The molecule has 2 N–H and O–H groups in total. The molecule has 0 spiro atoms. The van der Waals surface area contributed by atoms with Crippen LogP contribution < -0.4 is 15.5 Å². The van der Waals surface area contributed by atoms with E-state index >= 15 is 0 Å². The Kier molecular flexibility index (Phi) is 7.17. The van der Waals surface area contributed by atoms with Crippen LogP contribution >= 0.6 is 0 Å². The van der Waals surface area contributed by atoms with E-state index in [-0.39, 0.29) is 5.91 Å². The van der Waals surface area contributed by atoms with Crippen molar-refractivity contribution in [1.82, 2.24) is 20.4 Å². The number of carbonyl (C=O) groups is 1. The molecule has 1 aromatic heterocycles. The van der Waals surface area contributed by atoms with Gasteiger partial charge in [-0.3, -0.25) is 9.48 Å². The molecule has 2 aromatic carbocycles. The average molecular weight is 431 g/mol. The fourth-order valence-electron chi connectivity index (χ4n) is 3.82. The highest BCUT2D eigenvalue weighted by Crippen LogP contribution is 2.21. The van der Waals surface area contributed by atoms with E-state index in [0.29, 0.717) is 19.5 Å². The van der Waals surface area contributed by atoms with E-state index in [4.69, 9.17) is 4.99 Å². The van der Waals surface area contributed by atoms with E-state index in [1.54, 1.807) is 6.20 Å². The van der Waals surface area contributed by atoms with Crippen molar-refractivity contribution in [2.45, 2.75) is 39.4 Å². The van der Waals surface area contributed by atoms with E-state index in [1.165, 1.54) is 5.56 Å². The Labute approximate surface area is 189 Å². The van der Waals surface area contributed by atoms with Crippen LogP contribution in [0.15, 0.2) is 72.0 Å². The first-order chi connectivity index (χ1) is 15.7. The number of amides is 1. The third kappa shape index (κ3) is 5.75. The predicted molar refractivity (Wildman–Crippen MR) is 127 cm³/mol. The molecule has 4 rings (SSSR count). The van der Waals surface area contributed by atoms with Crippen molar-refractivity contribution in [3.05, 3.63) is 83.7 Å². The molecule has 0 radical (unpaired) electrons. The Morgan fingerprint density at radius 1 is 1.06 bits per heavy atom. The third-order valence-electron chi connectivity index (χ3n) is 5.44. The van der Waals surface area contributed by atoms with Crippen LogP contribution in [-0.2, 0) is 24.4 Å². The quantitative estimate of drug-likeness (QED) is 0.425. The molecule has 1 aliphatic rings. The molecule has 32 heavy (non-hydrogen) atoms. The van der Waals surface area contributed by atoms with E-state index in [2.05, 4.69) is 59.1 Å². The van der Waals surface area contributed by atoms with Gasteiger partial charge in [0.25, 0.3) is 0 Å². The molecular formula is C25H30N6O. The Balaban J connectivity index is 1.34. The van der Waals surface area contributed by atoms with E-state index < -0.39 is 0 Å². The van der Waals surface area contributed by atoms with Gasteiger partial charge in [-0.25, -0.2) is 4.99 Å². The van der Waals surface area contributed by atoms with Gasteiger partial charge in [0.05, 0.1) is 13.1 Å². The second-order valence-electron chi connectivity index (χ2n) is 7.89. The molecule has 0 unspecified atom stereocenters. The molecule has 0 saturated carbocycles. The Morgan fingerprint density at radius 3 is 2.62 bits per heavy atom. The number of rotatable bonds is 8. The topological polar surface area (TPSA) is 74.6 Å². The van der Waals surface area contributed by atoms with Gasteiger partial charge in [0, 0.05) is 44.1 Å². The zero-order chi connectivity index (χ0) is 22.2. The third-order valence-corrected chi connectivity index (χ3v) is 5.44. The fourth-order valence-corrected chi connectivity index (χ4v) is 3.82. The lowest BCUT2D eigenvalue weighted by Gasteiger charge is -2.16. The summed E-state index contributed by atoms with van der Waals surface area (Å²) in [7, 11) is 0. The summed E-state index contributed by atoms with van der Waals surface area (Å²) in [5, 5.41) is 11.0. The summed E-state index contributed by atoms with van der Waals surface area (Å²) in [6, 6.07) is 18.6. The smallest absolute Gasteiger partial charge is 0.227 e. The maximum absolute atomic E-state index is 11.9. The average Bonchev–Trinajstić information content (AvgIpc) is 3.48. The van der Waals surface area contributed by atoms with Crippen molar-refractivity contribution in [2.75, 3.05) is 18.0 Å². The summed E-state index contributed by atoms with van der Waals surface area (Å²) >= 11 is 0. The molecule has 3 aromatic rings. The lowest BCUT2D eigenvalue weighted by Crippen LogP contribution is -2.36. The SMILES string of the molecule is CCNC(=NCc1cccc(Cn2cccn2)c1)NCc1ccc(N2CCCC2=O)cc1. The van der Waals surface area contributed by atoms with Crippen molar-refractivity contribution in [1.29, 1.82) is 0 Å². The van der Waals surface area contributed by atoms with Crippen LogP contribution in [0, 0.1) is 0 Å². The van der Waals surface area contributed by atoms with Gasteiger partial charge >= 0.3 is 0 Å². The first-order valence-electron chi connectivity index (χ1n) is 11.2. The maximum Gasteiger partial charge on any atom is 0.227 e. The van der Waals surface area contributed by atoms with Crippen LogP contribution in [0.5, 0.6) is 0 Å². The Morgan fingerprint density at radius 2 is 1.91 bits per heavy atom. The first-order valence-corrected chi connectivity index (χ1v) is 11.2. The van der Waals surface area contributed by atoms with Crippen molar-refractivity contribution >= 4 is 17.6 Å². The molecular weight excluding hydrogens is 400 g/mol. The normalized spacial score (nSPS) is 14.1. The number of guanidine groups is 1. The summed E-state index contributed by atoms with van der Waals surface area (Å²) < 4.78 is 1.92. The second kappa shape index (κ2) is 10.6.